The third-order valence-electron chi connectivity index (χ3n) is 3.49. The monoisotopic (exact) mass is 320 g/mol. The molecule has 116 valence electrons. The van der Waals surface area contributed by atoms with Crippen molar-refractivity contribution in [1.82, 2.24) is 0 Å². The molecule has 1 aliphatic heterocycles. The Hall–Kier alpha value is -2.28. The minimum absolute atomic E-state index is 0.0476. The summed E-state index contributed by atoms with van der Waals surface area (Å²) in [6.07, 6.45) is 2.07. The molecule has 2 aromatic rings. The molecule has 1 aromatic heterocycles. The van der Waals surface area contributed by atoms with Gasteiger partial charge in [-0.3, -0.25) is 4.79 Å². The summed E-state index contributed by atoms with van der Waals surface area (Å²) in [6, 6.07) is 10.3. The second-order valence-corrected chi connectivity index (χ2v) is 7.48. The van der Waals surface area contributed by atoms with E-state index in [0.717, 1.165) is 5.69 Å². The molecule has 2 heterocycles. The number of amides is 1. The smallest absolute Gasteiger partial charge is 0.291 e. The second kappa shape index (κ2) is 5.84. The highest BCUT2D eigenvalue weighted by molar-refractivity contribution is 7.91. The highest BCUT2D eigenvalue weighted by atomic mass is 32.2. The van der Waals surface area contributed by atoms with Crippen molar-refractivity contribution < 1.29 is 17.6 Å². The highest BCUT2D eigenvalue weighted by Crippen LogP contribution is 2.19. The van der Waals surface area contributed by atoms with Crippen LogP contribution in [0.2, 0.25) is 0 Å². The minimum Gasteiger partial charge on any atom is -0.459 e. The molecular weight excluding hydrogens is 304 g/mol. The first-order valence-electron chi connectivity index (χ1n) is 6.94. The van der Waals surface area contributed by atoms with Crippen LogP contribution in [0.25, 0.3) is 0 Å². The first-order chi connectivity index (χ1) is 10.5. The van der Waals surface area contributed by atoms with Gasteiger partial charge in [-0.2, -0.15) is 0 Å². The van der Waals surface area contributed by atoms with E-state index in [1.165, 1.54) is 6.26 Å². The molecule has 1 atom stereocenters. The maximum absolute atomic E-state index is 11.8. The van der Waals surface area contributed by atoms with Crippen molar-refractivity contribution in [3.8, 4) is 0 Å². The first-order valence-corrected chi connectivity index (χ1v) is 8.76. The van der Waals surface area contributed by atoms with Gasteiger partial charge in [-0.1, -0.05) is 0 Å². The maximum Gasteiger partial charge on any atom is 0.291 e. The van der Waals surface area contributed by atoms with Crippen LogP contribution in [0.3, 0.4) is 0 Å². The summed E-state index contributed by atoms with van der Waals surface area (Å²) in [5.74, 6) is 0.345. The van der Waals surface area contributed by atoms with Crippen LogP contribution in [-0.4, -0.2) is 31.9 Å². The number of rotatable bonds is 4. The van der Waals surface area contributed by atoms with Crippen molar-refractivity contribution in [2.75, 3.05) is 22.1 Å². The van der Waals surface area contributed by atoms with E-state index in [1.54, 1.807) is 24.3 Å². The molecule has 3 rings (SSSR count). The van der Waals surface area contributed by atoms with Crippen molar-refractivity contribution in [1.29, 1.82) is 0 Å². The Labute approximate surface area is 128 Å². The van der Waals surface area contributed by atoms with Crippen LogP contribution >= 0.6 is 0 Å². The van der Waals surface area contributed by atoms with Crippen molar-refractivity contribution >= 4 is 27.1 Å². The Balaban J connectivity index is 1.60. The average molecular weight is 320 g/mol. The number of nitrogens with one attached hydrogen (secondary N) is 2. The van der Waals surface area contributed by atoms with E-state index in [4.69, 9.17) is 4.42 Å². The summed E-state index contributed by atoms with van der Waals surface area (Å²) in [7, 11) is -2.89. The topological polar surface area (TPSA) is 88.4 Å². The Morgan fingerprint density at radius 1 is 1.14 bits per heavy atom. The second-order valence-electron chi connectivity index (χ2n) is 5.25. The summed E-state index contributed by atoms with van der Waals surface area (Å²) in [4.78, 5) is 11.8. The summed E-state index contributed by atoms with van der Waals surface area (Å²) in [5, 5.41) is 5.92. The lowest BCUT2D eigenvalue weighted by Crippen LogP contribution is -2.20. The molecule has 1 amide bonds. The van der Waals surface area contributed by atoms with Gasteiger partial charge in [0.25, 0.3) is 5.91 Å². The first kappa shape index (κ1) is 14.6. The molecule has 7 heteroatoms. The Kier molecular flexibility index (Phi) is 3.89. The van der Waals surface area contributed by atoms with Gasteiger partial charge in [0.15, 0.2) is 15.6 Å². The molecular formula is C15H16N2O4S. The number of carbonyl (C=O) groups excluding carboxylic acids is 1. The van der Waals surface area contributed by atoms with Crippen LogP contribution in [0.1, 0.15) is 17.0 Å². The SMILES string of the molecule is O=C(Nc1ccc(NC2CCS(=O)(=O)C2)cc1)c1ccco1. The predicted octanol–water partition coefficient (Wildman–Crippen LogP) is 2.13. The third-order valence-corrected chi connectivity index (χ3v) is 5.26. The minimum atomic E-state index is -2.89. The average Bonchev–Trinajstić information content (AvgIpc) is 3.11. The van der Waals surface area contributed by atoms with Crippen molar-refractivity contribution in [3.05, 3.63) is 48.4 Å². The fourth-order valence-corrected chi connectivity index (χ4v) is 4.07. The van der Waals surface area contributed by atoms with E-state index in [0.29, 0.717) is 12.1 Å². The van der Waals surface area contributed by atoms with Crippen molar-refractivity contribution in [2.45, 2.75) is 12.5 Å². The Bertz CT molecular complexity index is 751. The van der Waals surface area contributed by atoms with E-state index >= 15 is 0 Å². The largest absolute Gasteiger partial charge is 0.459 e. The van der Waals surface area contributed by atoms with Crippen LogP contribution in [-0.2, 0) is 9.84 Å². The lowest BCUT2D eigenvalue weighted by molar-refractivity contribution is 0.0996. The molecule has 0 spiro atoms. The zero-order valence-corrected chi connectivity index (χ0v) is 12.6. The number of carbonyl (C=O) groups is 1. The van der Waals surface area contributed by atoms with Gasteiger partial charge in [0.2, 0.25) is 0 Å². The quantitative estimate of drug-likeness (QED) is 0.901. The van der Waals surface area contributed by atoms with Gasteiger partial charge in [-0.25, -0.2) is 8.42 Å². The summed E-state index contributed by atoms with van der Waals surface area (Å²) in [6.45, 7) is 0. The number of furan rings is 1. The van der Waals surface area contributed by atoms with Gasteiger partial charge in [-0.05, 0) is 42.8 Å². The van der Waals surface area contributed by atoms with E-state index < -0.39 is 9.84 Å². The van der Waals surface area contributed by atoms with Gasteiger partial charge in [0.1, 0.15) is 0 Å². The molecule has 6 nitrogen and oxygen atoms in total. The van der Waals surface area contributed by atoms with E-state index in [1.807, 2.05) is 12.1 Å². The van der Waals surface area contributed by atoms with E-state index in [2.05, 4.69) is 10.6 Å². The molecule has 22 heavy (non-hydrogen) atoms. The fourth-order valence-electron chi connectivity index (χ4n) is 2.39. The predicted molar refractivity (Wildman–Crippen MR) is 83.8 cm³/mol. The van der Waals surface area contributed by atoms with Crippen LogP contribution in [0, 0.1) is 0 Å². The zero-order valence-electron chi connectivity index (χ0n) is 11.8. The standard InChI is InChI=1S/C15H16N2O4S/c18-15(14-2-1-8-21-14)17-12-5-3-11(4-6-12)16-13-7-9-22(19,20)10-13/h1-6,8,13,16H,7,9-10H2,(H,17,18). The van der Waals surface area contributed by atoms with Gasteiger partial charge in [0, 0.05) is 17.4 Å². The summed E-state index contributed by atoms with van der Waals surface area (Å²) < 4.78 is 27.9. The normalized spacial score (nSPS) is 19.7. The van der Waals surface area contributed by atoms with Crippen LogP contribution in [0.5, 0.6) is 0 Å². The third kappa shape index (κ3) is 3.48. The van der Waals surface area contributed by atoms with Gasteiger partial charge in [-0.15, -0.1) is 0 Å². The molecule has 1 fully saturated rings. The van der Waals surface area contributed by atoms with Crippen molar-refractivity contribution in [2.24, 2.45) is 0 Å². The lowest BCUT2D eigenvalue weighted by atomic mass is 10.2. The summed E-state index contributed by atoms with van der Waals surface area (Å²) in [5.41, 5.74) is 1.48. The van der Waals surface area contributed by atoms with Crippen LogP contribution in [0.15, 0.2) is 47.1 Å². The molecule has 1 unspecified atom stereocenters. The molecule has 1 aliphatic rings. The molecule has 1 saturated heterocycles. The number of benzene rings is 1. The molecule has 0 aliphatic carbocycles. The highest BCUT2D eigenvalue weighted by Gasteiger charge is 2.27. The molecule has 0 bridgehead atoms. The van der Waals surface area contributed by atoms with Gasteiger partial charge < -0.3 is 15.1 Å². The Morgan fingerprint density at radius 2 is 1.86 bits per heavy atom. The number of sulfone groups is 1. The Morgan fingerprint density at radius 3 is 2.45 bits per heavy atom. The van der Waals surface area contributed by atoms with Crippen molar-refractivity contribution in [3.63, 3.8) is 0 Å². The maximum atomic E-state index is 11.8. The summed E-state index contributed by atoms with van der Waals surface area (Å²) >= 11 is 0. The van der Waals surface area contributed by atoms with Crippen LogP contribution in [0.4, 0.5) is 11.4 Å². The molecule has 1 aromatic carbocycles. The van der Waals surface area contributed by atoms with E-state index in [-0.39, 0.29) is 29.2 Å². The zero-order chi connectivity index (χ0) is 15.6. The number of hydrogen-bond donors (Lipinski definition) is 2. The van der Waals surface area contributed by atoms with Crippen LogP contribution < -0.4 is 10.6 Å². The molecule has 2 N–H and O–H groups in total. The van der Waals surface area contributed by atoms with E-state index in [9.17, 15) is 13.2 Å². The molecule has 0 saturated carbocycles. The number of hydrogen-bond acceptors (Lipinski definition) is 5. The van der Waals surface area contributed by atoms with Gasteiger partial charge >= 0.3 is 0 Å². The molecule has 0 radical (unpaired) electrons. The fraction of sp³-hybridized carbons (Fsp3) is 0.267. The van der Waals surface area contributed by atoms with Gasteiger partial charge in [0.05, 0.1) is 17.8 Å². The lowest BCUT2D eigenvalue weighted by Gasteiger charge is -2.13. The number of anilines is 2.